The van der Waals surface area contributed by atoms with E-state index in [2.05, 4.69) is 45.0 Å². The van der Waals surface area contributed by atoms with Gasteiger partial charge in [0.2, 0.25) is 5.91 Å². The van der Waals surface area contributed by atoms with Crippen LogP contribution in [0.25, 0.3) is 10.2 Å². The van der Waals surface area contributed by atoms with Crippen LogP contribution in [0.3, 0.4) is 0 Å². The predicted octanol–water partition coefficient (Wildman–Crippen LogP) is 5.84. The molecule has 0 atom stereocenters. The normalized spacial score (nSPS) is 11.1. The number of anilines is 1. The van der Waals surface area contributed by atoms with Gasteiger partial charge in [0, 0.05) is 0 Å². The standard InChI is InChI=1S/C24H24N2O2S/c1-4-18-7-9-19(10-8-18)14-22(27)26(15-20-6-5-11-28-20)24-25-23-17(3)12-16(2)13-21(23)29-24/h5-13H,4,14-15H2,1-3H3. The Morgan fingerprint density at radius 1 is 1.10 bits per heavy atom. The molecule has 0 N–H and O–H groups in total. The minimum atomic E-state index is 0.0130. The van der Waals surface area contributed by atoms with Crippen molar-refractivity contribution in [2.45, 2.75) is 40.2 Å². The summed E-state index contributed by atoms with van der Waals surface area (Å²) < 4.78 is 6.62. The smallest absolute Gasteiger partial charge is 0.233 e. The number of carbonyl (C=O) groups is 1. The number of furan rings is 1. The van der Waals surface area contributed by atoms with Crippen LogP contribution in [-0.2, 0) is 24.2 Å². The Bertz CT molecular complexity index is 1130. The van der Waals surface area contributed by atoms with Gasteiger partial charge in [-0.2, -0.15) is 0 Å². The van der Waals surface area contributed by atoms with Gasteiger partial charge in [0.1, 0.15) is 5.76 Å². The summed E-state index contributed by atoms with van der Waals surface area (Å²) in [7, 11) is 0. The molecule has 5 heteroatoms. The van der Waals surface area contributed by atoms with Crippen molar-refractivity contribution in [2.24, 2.45) is 0 Å². The lowest BCUT2D eigenvalue weighted by molar-refractivity contribution is -0.118. The fourth-order valence-corrected chi connectivity index (χ4v) is 4.62. The zero-order chi connectivity index (χ0) is 20.4. The van der Waals surface area contributed by atoms with Gasteiger partial charge in [-0.3, -0.25) is 9.69 Å². The monoisotopic (exact) mass is 404 g/mol. The maximum atomic E-state index is 13.3. The quantitative estimate of drug-likeness (QED) is 0.405. The minimum absolute atomic E-state index is 0.0130. The molecule has 2 aromatic carbocycles. The molecule has 0 fully saturated rings. The van der Waals surface area contributed by atoms with Gasteiger partial charge < -0.3 is 4.42 Å². The third-order valence-electron chi connectivity index (χ3n) is 5.03. The lowest BCUT2D eigenvalue weighted by atomic mass is 10.1. The van der Waals surface area contributed by atoms with Crippen molar-refractivity contribution in [3.05, 3.63) is 82.8 Å². The fourth-order valence-electron chi connectivity index (χ4n) is 3.46. The molecule has 1 amide bonds. The van der Waals surface area contributed by atoms with Gasteiger partial charge in [0.25, 0.3) is 0 Å². The van der Waals surface area contributed by atoms with E-state index < -0.39 is 0 Å². The minimum Gasteiger partial charge on any atom is -0.467 e. The van der Waals surface area contributed by atoms with E-state index in [-0.39, 0.29) is 5.91 Å². The van der Waals surface area contributed by atoms with Gasteiger partial charge in [-0.1, -0.05) is 48.6 Å². The van der Waals surface area contributed by atoms with Gasteiger partial charge in [-0.05, 0) is 60.7 Å². The number of rotatable bonds is 6. The van der Waals surface area contributed by atoms with Crippen molar-refractivity contribution in [3.8, 4) is 0 Å². The molecule has 29 heavy (non-hydrogen) atoms. The van der Waals surface area contributed by atoms with E-state index in [1.165, 1.54) is 11.1 Å². The molecule has 0 saturated carbocycles. The maximum absolute atomic E-state index is 13.3. The van der Waals surface area contributed by atoms with Crippen LogP contribution < -0.4 is 4.90 Å². The van der Waals surface area contributed by atoms with Crippen LogP contribution in [-0.4, -0.2) is 10.9 Å². The highest BCUT2D eigenvalue weighted by atomic mass is 32.1. The second-order valence-corrected chi connectivity index (χ2v) is 8.34. The number of benzene rings is 2. The highest BCUT2D eigenvalue weighted by Crippen LogP contribution is 2.33. The average Bonchev–Trinajstić information content (AvgIpc) is 3.36. The SMILES string of the molecule is CCc1ccc(CC(=O)N(Cc2ccco2)c2nc3c(C)cc(C)cc3s2)cc1. The summed E-state index contributed by atoms with van der Waals surface area (Å²) in [5, 5.41) is 0.709. The number of nitrogens with zero attached hydrogens (tertiary/aromatic N) is 2. The van der Waals surface area contributed by atoms with Crippen molar-refractivity contribution in [2.75, 3.05) is 4.90 Å². The third kappa shape index (κ3) is 4.25. The van der Waals surface area contributed by atoms with Crippen LogP contribution in [0.5, 0.6) is 0 Å². The molecule has 0 radical (unpaired) electrons. The molecular weight excluding hydrogens is 380 g/mol. The lowest BCUT2D eigenvalue weighted by Crippen LogP contribution is -2.31. The summed E-state index contributed by atoms with van der Waals surface area (Å²) in [6.07, 6.45) is 2.95. The molecule has 4 aromatic rings. The van der Waals surface area contributed by atoms with E-state index in [0.717, 1.165) is 33.5 Å². The summed E-state index contributed by atoms with van der Waals surface area (Å²) in [5.74, 6) is 0.755. The molecule has 0 spiro atoms. The zero-order valence-electron chi connectivity index (χ0n) is 16.9. The number of hydrogen-bond donors (Lipinski definition) is 0. The topological polar surface area (TPSA) is 46.3 Å². The number of amides is 1. The first-order valence-electron chi connectivity index (χ1n) is 9.82. The second-order valence-electron chi connectivity index (χ2n) is 7.33. The Hall–Kier alpha value is -2.92. The maximum Gasteiger partial charge on any atom is 0.233 e. The van der Waals surface area contributed by atoms with Crippen molar-refractivity contribution >= 4 is 32.6 Å². The number of aromatic nitrogens is 1. The van der Waals surface area contributed by atoms with E-state index in [0.29, 0.717) is 18.1 Å². The Morgan fingerprint density at radius 3 is 2.55 bits per heavy atom. The third-order valence-corrected chi connectivity index (χ3v) is 6.06. The molecule has 0 saturated heterocycles. The van der Waals surface area contributed by atoms with Gasteiger partial charge in [-0.25, -0.2) is 4.98 Å². The van der Waals surface area contributed by atoms with E-state index in [9.17, 15) is 4.79 Å². The first-order valence-corrected chi connectivity index (χ1v) is 10.6. The molecule has 148 valence electrons. The van der Waals surface area contributed by atoms with Crippen molar-refractivity contribution in [3.63, 3.8) is 0 Å². The van der Waals surface area contributed by atoms with Gasteiger partial charge in [0.05, 0.1) is 29.4 Å². The molecule has 2 heterocycles. The Morgan fingerprint density at radius 2 is 1.86 bits per heavy atom. The number of thiazole rings is 1. The molecule has 0 aliphatic heterocycles. The second kappa shape index (κ2) is 8.21. The molecule has 0 aliphatic carbocycles. The van der Waals surface area contributed by atoms with Crippen LogP contribution in [0.15, 0.2) is 59.2 Å². The number of carbonyl (C=O) groups excluding carboxylic acids is 1. The van der Waals surface area contributed by atoms with Gasteiger partial charge >= 0.3 is 0 Å². The van der Waals surface area contributed by atoms with Crippen LogP contribution in [0.4, 0.5) is 5.13 Å². The number of aryl methyl sites for hydroxylation is 3. The Kier molecular flexibility index (Phi) is 5.49. The highest BCUT2D eigenvalue weighted by Gasteiger charge is 2.22. The molecule has 0 aliphatic rings. The predicted molar refractivity (Wildman–Crippen MR) is 119 cm³/mol. The Labute approximate surface area is 174 Å². The summed E-state index contributed by atoms with van der Waals surface area (Å²) in [6.45, 7) is 6.64. The van der Waals surface area contributed by atoms with Crippen molar-refractivity contribution in [1.29, 1.82) is 0 Å². The van der Waals surface area contributed by atoms with Crippen LogP contribution in [0.2, 0.25) is 0 Å². The van der Waals surface area contributed by atoms with E-state index in [1.807, 2.05) is 24.3 Å². The van der Waals surface area contributed by atoms with Crippen molar-refractivity contribution in [1.82, 2.24) is 4.98 Å². The van der Waals surface area contributed by atoms with Crippen LogP contribution in [0.1, 0.15) is 34.9 Å². The molecule has 2 aromatic heterocycles. The zero-order valence-corrected chi connectivity index (χ0v) is 17.8. The highest BCUT2D eigenvalue weighted by molar-refractivity contribution is 7.22. The van der Waals surface area contributed by atoms with Gasteiger partial charge in [-0.15, -0.1) is 0 Å². The van der Waals surface area contributed by atoms with Crippen molar-refractivity contribution < 1.29 is 9.21 Å². The first kappa shape index (κ1) is 19.4. The molecule has 0 unspecified atom stereocenters. The summed E-state index contributed by atoms with van der Waals surface area (Å²) in [4.78, 5) is 19.8. The Balaban J connectivity index is 1.67. The molecular formula is C24H24N2O2S. The molecule has 0 bridgehead atoms. The summed E-state index contributed by atoms with van der Waals surface area (Å²) in [6, 6.07) is 16.2. The first-order chi connectivity index (χ1) is 14.0. The number of hydrogen-bond acceptors (Lipinski definition) is 4. The lowest BCUT2D eigenvalue weighted by Gasteiger charge is -2.19. The van der Waals surface area contributed by atoms with Crippen LogP contribution >= 0.6 is 11.3 Å². The average molecular weight is 405 g/mol. The van der Waals surface area contributed by atoms with E-state index >= 15 is 0 Å². The summed E-state index contributed by atoms with van der Waals surface area (Å²) in [5.41, 5.74) is 5.56. The molecule has 4 nitrogen and oxygen atoms in total. The molecule has 4 rings (SSSR count). The largest absolute Gasteiger partial charge is 0.467 e. The fraction of sp³-hybridized carbons (Fsp3) is 0.250. The van der Waals surface area contributed by atoms with E-state index in [4.69, 9.17) is 9.40 Å². The van der Waals surface area contributed by atoms with Crippen LogP contribution in [0, 0.1) is 13.8 Å². The van der Waals surface area contributed by atoms with Gasteiger partial charge in [0.15, 0.2) is 5.13 Å². The summed E-state index contributed by atoms with van der Waals surface area (Å²) >= 11 is 1.55. The number of fused-ring (bicyclic) bond motifs is 1. The van der Waals surface area contributed by atoms with E-state index in [1.54, 1.807) is 22.5 Å².